The molecule has 0 aliphatic heterocycles. The number of nitrogens with zero attached hydrogens (tertiary/aromatic N) is 1. The number of aryl methyl sites for hydroxylation is 1. The number of halogens is 1. The van der Waals surface area contributed by atoms with Gasteiger partial charge in [0, 0.05) is 11.5 Å². The summed E-state index contributed by atoms with van der Waals surface area (Å²) in [6, 6.07) is 3.75. The minimum absolute atomic E-state index is 0.0406. The first-order valence-corrected chi connectivity index (χ1v) is 6.59. The molecule has 1 amide bonds. The Kier molecular flexibility index (Phi) is 3.28. The SMILES string of the molecule is Cc1cccnc1C(=O)NC1(CBr)CCC1. The molecule has 1 N–H and O–H groups in total. The second-order valence-corrected chi connectivity index (χ2v) is 4.95. The predicted molar refractivity (Wildman–Crippen MR) is 66.8 cm³/mol. The van der Waals surface area contributed by atoms with Crippen molar-refractivity contribution in [2.75, 3.05) is 5.33 Å². The molecule has 1 aromatic heterocycles. The molecule has 0 radical (unpaired) electrons. The van der Waals surface area contributed by atoms with Crippen LogP contribution >= 0.6 is 15.9 Å². The van der Waals surface area contributed by atoms with Gasteiger partial charge in [-0.25, -0.2) is 0 Å². The molecule has 3 nitrogen and oxygen atoms in total. The molecule has 4 heteroatoms. The molecule has 1 aromatic rings. The van der Waals surface area contributed by atoms with E-state index < -0.39 is 0 Å². The molecule has 0 atom stereocenters. The normalized spacial score (nSPS) is 17.6. The van der Waals surface area contributed by atoms with Crippen LogP contribution in [0.4, 0.5) is 0 Å². The molecule has 0 saturated heterocycles. The number of alkyl halides is 1. The highest BCUT2D eigenvalue weighted by Gasteiger charge is 2.37. The first kappa shape index (κ1) is 11.6. The number of aromatic nitrogens is 1. The van der Waals surface area contributed by atoms with E-state index in [-0.39, 0.29) is 11.4 Å². The van der Waals surface area contributed by atoms with Crippen molar-refractivity contribution in [3.8, 4) is 0 Å². The van der Waals surface area contributed by atoms with E-state index >= 15 is 0 Å². The molecular weight excluding hydrogens is 268 g/mol. The maximum atomic E-state index is 12.0. The molecule has 2 rings (SSSR count). The summed E-state index contributed by atoms with van der Waals surface area (Å²) in [6.07, 6.45) is 4.95. The van der Waals surface area contributed by atoms with Gasteiger partial charge in [0.15, 0.2) is 0 Å². The lowest BCUT2D eigenvalue weighted by Gasteiger charge is -2.41. The van der Waals surface area contributed by atoms with Gasteiger partial charge in [-0.15, -0.1) is 0 Å². The van der Waals surface area contributed by atoms with Gasteiger partial charge < -0.3 is 5.32 Å². The zero-order chi connectivity index (χ0) is 11.6. The molecule has 0 aromatic carbocycles. The summed E-state index contributed by atoms with van der Waals surface area (Å²) in [5, 5.41) is 3.91. The standard InChI is InChI=1S/C12H15BrN2O/c1-9-4-2-7-14-10(9)11(16)15-12(8-13)5-3-6-12/h2,4,7H,3,5-6,8H2,1H3,(H,15,16). The molecule has 86 valence electrons. The van der Waals surface area contributed by atoms with Crippen LogP contribution in [0.2, 0.25) is 0 Å². The average molecular weight is 283 g/mol. The Morgan fingerprint density at radius 3 is 2.88 bits per heavy atom. The van der Waals surface area contributed by atoms with E-state index in [1.807, 2.05) is 19.1 Å². The summed E-state index contributed by atoms with van der Waals surface area (Å²) in [6.45, 7) is 1.91. The zero-order valence-corrected chi connectivity index (χ0v) is 10.9. The molecule has 1 aliphatic carbocycles. The van der Waals surface area contributed by atoms with Crippen molar-refractivity contribution in [1.29, 1.82) is 0 Å². The number of nitrogens with one attached hydrogen (secondary N) is 1. The van der Waals surface area contributed by atoms with Crippen LogP contribution in [0.25, 0.3) is 0 Å². The van der Waals surface area contributed by atoms with E-state index in [0.717, 1.165) is 23.7 Å². The second-order valence-electron chi connectivity index (χ2n) is 4.39. The van der Waals surface area contributed by atoms with Crippen LogP contribution in [0.15, 0.2) is 18.3 Å². The van der Waals surface area contributed by atoms with Crippen molar-refractivity contribution in [1.82, 2.24) is 10.3 Å². The second kappa shape index (κ2) is 4.53. The first-order chi connectivity index (χ1) is 7.67. The monoisotopic (exact) mass is 282 g/mol. The summed E-state index contributed by atoms with van der Waals surface area (Å²) in [4.78, 5) is 16.2. The van der Waals surface area contributed by atoms with Crippen molar-refractivity contribution in [2.24, 2.45) is 0 Å². The van der Waals surface area contributed by atoms with Crippen LogP contribution in [-0.4, -0.2) is 21.8 Å². The molecular formula is C12H15BrN2O. The predicted octanol–water partition coefficient (Wildman–Crippen LogP) is 2.44. The Bertz CT molecular complexity index is 396. The number of carbonyl (C=O) groups is 1. The molecule has 0 unspecified atom stereocenters. The van der Waals surface area contributed by atoms with Gasteiger partial charge in [-0.2, -0.15) is 0 Å². The highest BCUT2D eigenvalue weighted by Crippen LogP contribution is 2.33. The van der Waals surface area contributed by atoms with Crippen molar-refractivity contribution in [3.05, 3.63) is 29.6 Å². The number of hydrogen-bond donors (Lipinski definition) is 1. The summed E-state index contributed by atoms with van der Waals surface area (Å²) in [5.74, 6) is -0.0581. The number of pyridine rings is 1. The van der Waals surface area contributed by atoms with Crippen molar-refractivity contribution in [3.63, 3.8) is 0 Å². The third kappa shape index (κ3) is 2.12. The quantitative estimate of drug-likeness (QED) is 0.866. The fourth-order valence-corrected chi connectivity index (χ4v) is 2.62. The largest absolute Gasteiger partial charge is 0.344 e. The highest BCUT2D eigenvalue weighted by molar-refractivity contribution is 9.09. The van der Waals surface area contributed by atoms with E-state index in [0.29, 0.717) is 5.69 Å². The van der Waals surface area contributed by atoms with E-state index in [1.54, 1.807) is 6.20 Å². The van der Waals surface area contributed by atoms with Crippen molar-refractivity contribution < 1.29 is 4.79 Å². The van der Waals surface area contributed by atoms with Crippen LogP contribution < -0.4 is 5.32 Å². The van der Waals surface area contributed by atoms with Crippen molar-refractivity contribution in [2.45, 2.75) is 31.7 Å². The van der Waals surface area contributed by atoms with Crippen LogP contribution in [0.3, 0.4) is 0 Å². The third-order valence-electron chi connectivity index (χ3n) is 3.17. The maximum Gasteiger partial charge on any atom is 0.270 e. The summed E-state index contributed by atoms with van der Waals surface area (Å²) < 4.78 is 0. The Hall–Kier alpha value is -0.900. The first-order valence-electron chi connectivity index (χ1n) is 5.47. The fourth-order valence-electron chi connectivity index (χ4n) is 1.92. The average Bonchev–Trinajstić information content (AvgIpc) is 2.24. The van der Waals surface area contributed by atoms with Crippen molar-refractivity contribution >= 4 is 21.8 Å². The fraction of sp³-hybridized carbons (Fsp3) is 0.500. The highest BCUT2D eigenvalue weighted by atomic mass is 79.9. The molecule has 1 aliphatic rings. The van der Waals surface area contributed by atoms with Gasteiger partial charge in [0.05, 0.1) is 5.54 Å². The molecule has 0 spiro atoms. The van der Waals surface area contributed by atoms with Gasteiger partial charge in [0.2, 0.25) is 0 Å². The Morgan fingerprint density at radius 2 is 2.38 bits per heavy atom. The Morgan fingerprint density at radius 1 is 1.62 bits per heavy atom. The lowest BCUT2D eigenvalue weighted by molar-refractivity contribution is 0.0850. The van der Waals surface area contributed by atoms with E-state index in [4.69, 9.17) is 0 Å². The minimum Gasteiger partial charge on any atom is -0.344 e. The maximum absolute atomic E-state index is 12.0. The van der Waals surface area contributed by atoms with Gasteiger partial charge in [-0.3, -0.25) is 9.78 Å². The zero-order valence-electron chi connectivity index (χ0n) is 9.29. The Labute approximate surface area is 104 Å². The third-order valence-corrected chi connectivity index (χ3v) is 4.24. The van der Waals surface area contributed by atoms with E-state index in [9.17, 15) is 4.79 Å². The van der Waals surface area contributed by atoms with Gasteiger partial charge in [0.25, 0.3) is 5.91 Å². The molecule has 1 fully saturated rings. The topological polar surface area (TPSA) is 42.0 Å². The number of hydrogen-bond acceptors (Lipinski definition) is 2. The van der Waals surface area contributed by atoms with Crippen LogP contribution in [0.1, 0.15) is 35.3 Å². The van der Waals surface area contributed by atoms with Gasteiger partial charge in [-0.1, -0.05) is 22.0 Å². The summed E-state index contributed by atoms with van der Waals surface area (Å²) in [5.41, 5.74) is 1.42. The van der Waals surface area contributed by atoms with Crippen LogP contribution in [0.5, 0.6) is 0 Å². The van der Waals surface area contributed by atoms with Crippen LogP contribution in [0, 0.1) is 6.92 Å². The van der Waals surface area contributed by atoms with Gasteiger partial charge in [-0.05, 0) is 37.8 Å². The van der Waals surface area contributed by atoms with Gasteiger partial charge >= 0.3 is 0 Å². The van der Waals surface area contributed by atoms with Gasteiger partial charge in [0.1, 0.15) is 5.69 Å². The van der Waals surface area contributed by atoms with E-state index in [2.05, 4.69) is 26.2 Å². The number of rotatable bonds is 3. The number of amides is 1. The lowest BCUT2D eigenvalue weighted by atomic mass is 9.78. The Balaban J connectivity index is 2.11. The molecule has 0 bridgehead atoms. The lowest BCUT2D eigenvalue weighted by Crippen LogP contribution is -2.55. The van der Waals surface area contributed by atoms with E-state index in [1.165, 1.54) is 6.42 Å². The smallest absolute Gasteiger partial charge is 0.270 e. The number of carbonyl (C=O) groups excluding carboxylic acids is 1. The van der Waals surface area contributed by atoms with Crippen LogP contribution in [-0.2, 0) is 0 Å². The molecule has 16 heavy (non-hydrogen) atoms. The molecule has 1 saturated carbocycles. The summed E-state index contributed by atoms with van der Waals surface area (Å²) >= 11 is 3.47. The molecule has 1 heterocycles. The minimum atomic E-state index is -0.0581. The summed E-state index contributed by atoms with van der Waals surface area (Å²) in [7, 11) is 0.